The molecule has 0 saturated heterocycles. The third kappa shape index (κ3) is 5.20. The zero-order valence-electron chi connectivity index (χ0n) is 13.8. The molecule has 1 aromatic heterocycles. The van der Waals surface area contributed by atoms with Gasteiger partial charge in [0.2, 0.25) is 0 Å². The number of aromatic nitrogens is 2. The van der Waals surface area contributed by atoms with Crippen molar-refractivity contribution in [1.82, 2.24) is 20.8 Å². The summed E-state index contributed by atoms with van der Waals surface area (Å²) >= 11 is 0. The predicted octanol–water partition coefficient (Wildman–Crippen LogP) is 3.38. The molecule has 1 rings (SSSR count). The fourth-order valence-corrected chi connectivity index (χ4v) is 1.63. The second kappa shape index (κ2) is 8.81. The summed E-state index contributed by atoms with van der Waals surface area (Å²) in [6.07, 6.45) is 8.85. The molecule has 0 aliphatic carbocycles. The summed E-state index contributed by atoms with van der Waals surface area (Å²) in [5, 5.41) is 9.13. The van der Waals surface area contributed by atoms with E-state index >= 15 is 0 Å². The van der Waals surface area contributed by atoms with Gasteiger partial charge in [-0.15, -0.1) is 0 Å². The summed E-state index contributed by atoms with van der Waals surface area (Å²) < 4.78 is 5.31. The molecule has 22 heavy (non-hydrogen) atoms. The fourth-order valence-electron chi connectivity index (χ4n) is 1.63. The monoisotopic (exact) mass is 304 g/mol. The molecule has 1 aromatic rings. The van der Waals surface area contributed by atoms with Crippen LogP contribution in [0.4, 0.5) is 4.79 Å². The van der Waals surface area contributed by atoms with Crippen molar-refractivity contribution in [3.63, 3.8) is 0 Å². The summed E-state index contributed by atoms with van der Waals surface area (Å²) in [6, 6.07) is -0.617. The Labute approximate surface area is 131 Å². The van der Waals surface area contributed by atoms with Crippen LogP contribution in [-0.2, 0) is 0 Å². The van der Waals surface area contributed by atoms with E-state index in [0.29, 0.717) is 11.7 Å². The number of amides is 2. The first-order valence-corrected chi connectivity index (χ1v) is 7.35. The van der Waals surface area contributed by atoms with Crippen molar-refractivity contribution in [2.75, 3.05) is 7.05 Å². The summed E-state index contributed by atoms with van der Waals surface area (Å²) in [6.45, 7) is 7.85. The molecule has 6 heteroatoms. The van der Waals surface area contributed by atoms with Crippen LogP contribution in [0.25, 0.3) is 5.57 Å². The van der Waals surface area contributed by atoms with E-state index in [1.807, 2.05) is 45.1 Å². The second-order valence-corrected chi connectivity index (χ2v) is 4.84. The number of carbonyl (C=O) groups excluding carboxylic acids is 1. The predicted molar refractivity (Wildman–Crippen MR) is 87.1 cm³/mol. The molecule has 0 spiro atoms. The maximum Gasteiger partial charge on any atom is 0.315 e. The van der Waals surface area contributed by atoms with Crippen LogP contribution >= 0.6 is 0 Å². The SMILES string of the molecule is C/C=C(C)\C=C/C(=CCC)c1nc(C(C)NC(=O)NC)no1. The topological polar surface area (TPSA) is 80.0 Å². The van der Waals surface area contributed by atoms with Crippen molar-refractivity contribution in [2.45, 2.75) is 40.2 Å². The summed E-state index contributed by atoms with van der Waals surface area (Å²) in [5.41, 5.74) is 2.02. The molecular formula is C16H24N4O2. The smallest absolute Gasteiger partial charge is 0.315 e. The number of nitrogens with one attached hydrogen (secondary N) is 2. The van der Waals surface area contributed by atoms with Crippen LogP contribution in [0.3, 0.4) is 0 Å². The zero-order chi connectivity index (χ0) is 16.5. The van der Waals surface area contributed by atoms with Gasteiger partial charge in [0.25, 0.3) is 5.89 Å². The van der Waals surface area contributed by atoms with Crippen LogP contribution < -0.4 is 10.6 Å². The first-order valence-electron chi connectivity index (χ1n) is 7.35. The molecule has 0 aliphatic rings. The van der Waals surface area contributed by atoms with Crippen molar-refractivity contribution >= 4 is 11.6 Å². The minimum atomic E-state index is -0.332. The Kier molecular flexibility index (Phi) is 7.08. The Morgan fingerprint density at radius 1 is 1.41 bits per heavy atom. The van der Waals surface area contributed by atoms with Crippen LogP contribution in [0.15, 0.2) is 34.4 Å². The van der Waals surface area contributed by atoms with Crippen LogP contribution in [0.1, 0.15) is 51.9 Å². The third-order valence-electron chi connectivity index (χ3n) is 3.06. The van der Waals surface area contributed by atoms with Gasteiger partial charge < -0.3 is 15.2 Å². The first kappa shape index (κ1) is 17.7. The van der Waals surface area contributed by atoms with E-state index < -0.39 is 0 Å². The first-order chi connectivity index (χ1) is 10.5. The number of urea groups is 1. The van der Waals surface area contributed by atoms with E-state index in [9.17, 15) is 4.79 Å². The van der Waals surface area contributed by atoms with Crippen molar-refractivity contribution in [3.8, 4) is 0 Å². The standard InChI is InChI=1S/C16H24N4O2/c1-6-8-13(10-9-11(3)7-2)15-19-14(20-22-15)12(4)18-16(21)17-5/h7-10,12H,6H2,1-5H3,(H2,17,18,21)/b10-9-,11-7-,13-8?. The highest BCUT2D eigenvalue weighted by molar-refractivity contribution is 5.74. The molecule has 2 amide bonds. The molecule has 6 nitrogen and oxygen atoms in total. The average molecular weight is 304 g/mol. The van der Waals surface area contributed by atoms with Gasteiger partial charge in [0, 0.05) is 12.6 Å². The summed E-state index contributed by atoms with van der Waals surface area (Å²) in [4.78, 5) is 15.7. The van der Waals surface area contributed by atoms with E-state index in [2.05, 4.69) is 20.8 Å². The van der Waals surface area contributed by atoms with Gasteiger partial charge in [0.1, 0.15) is 0 Å². The van der Waals surface area contributed by atoms with Gasteiger partial charge in [-0.05, 0) is 33.3 Å². The molecule has 1 atom stereocenters. The molecule has 2 N–H and O–H groups in total. The molecule has 120 valence electrons. The number of allylic oxidation sites excluding steroid dienone is 6. The highest BCUT2D eigenvalue weighted by Gasteiger charge is 2.16. The highest BCUT2D eigenvalue weighted by Crippen LogP contribution is 2.18. The van der Waals surface area contributed by atoms with Gasteiger partial charge in [-0.3, -0.25) is 0 Å². The molecule has 0 radical (unpaired) electrons. The molecule has 0 bridgehead atoms. The number of hydrogen-bond donors (Lipinski definition) is 2. The fraction of sp³-hybridized carbons (Fsp3) is 0.438. The largest absolute Gasteiger partial charge is 0.341 e. The number of hydrogen-bond acceptors (Lipinski definition) is 4. The Morgan fingerprint density at radius 2 is 2.14 bits per heavy atom. The van der Waals surface area contributed by atoms with Gasteiger partial charge in [0.05, 0.1) is 6.04 Å². The van der Waals surface area contributed by atoms with E-state index in [4.69, 9.17) is 4.52 Å². The lowest BCUT2D eigenvalue weighted by atomic mass is 10.1. The lowest BCUT2D eigenvalue weighted by molar-refractivity contribution is 0.239. The summed E-state index contributed by atoms with van der Waals surface area (Å²) in [7, 11) is 1.56. The van der Waals surface area contributed by atoms with Crippen molar-refractivity contribution in [1.29, 1.82) is 0 Å². The quantitative estimate of drug-likeness (QED) is 0.790. The lowest BCUT2D eigenvalue weighted by Gasteiger charge is -2.08. The van der Waals surface area contributed by atoms with Crippen molar-refractivity contribution in [3.05, 3.63) is 41.6 Å². The Bertz CT molecular complexity index is 585. The number of nitrogens with zero attached hydrogens (tertiary/aromatic N) is 2. The van der Waals surface area contributed by atoms with Crippen LogP contribution in [-0.4, -0.2) is 23.2 Å². The normalized spacial score (nSPS) is 14.2. The Hall–Kier alpha value is -2.37. The number of carbonyl (C=O) groups is 1. The van der Waals surface area contributed by atoms with Gasteiger partial charge in [-0.1, -0.05) is 35.9 Å². The molecule has 1 heterocycles. The zero-order valence-corrected chi connectivity index (χ0v) is 13.8. The van der Waals surface area contributed by atoms with Gasteiger partial charge in [-0.25, -0.2) is 4.79 Å². The van der Waals surface area contributed by atoms with Crippen LogP contribution in [0.2, 0.25) is 0 Å². The van der Waals surface area contributed by atoms with E-state index in [1.54, 1.807) is 14.0 Å². The average Bonchev–Trinajstić information content (AvgIpc) is 3.00. The van der Waals surface area contributed by atoms with Gasteiger partial charge in [-0.2, -0.15) is 4.98 Å². The van der Waals surface area contributed by atoms with Crippen molar-refractivity contribution in [2.24, 2.45) is 0 Å². The van der Waals surface area contributed by atoms with E-state index in [0.717, 1.165) is 17.6 Å². The molecule has 0 saturated carbocycles. The van der Waals surface area contributed by atoms with E-state index in [-0.39, 0.29) is 12.1 Å². The molecule has 0 fully saturated rings. The Morgan fingerprint density at radius 3 is 2.73 bits per heavy atom. The van der Waals surface area contributed by atoms with Crippen LogP contribution in [0.5, 0.6) is 0 Å². The van der Waals surface area contributed by atoms with Crippen molar-refractivity contribution < 1.29 is 9.32 Å². The maximum atomic E-state index is 11.3. The minimum absolute atomic E-state index is 0.285. The van der Waals surface area contributed by atoms with Gasteiger partial charge in [0.15, 0.2) is 5.82 Å². The number of rotatable bonds is 6. The molecule has 0 aromatic carbocycles. The molecule has 1 unspecified atom stereocenters. The molecule has 0 aliphatic heterocycles. The second-order valence-electron chi connectivity index (χ2n) is 4.84. The highest BCUT2D eigenvalue weighted by atomic mass is 16.5. The van der Waals surface area contributed by atoms with E-state index in [1.165, 1.54) is 0 Å². The lowest BCUT2D eigenvalue weighted by Crippen LogP contribution is -2.35. The Balaban J connectivity index is 2.93. The van der Waals surface area contributed by atoms with Gasteiger partial charge >= 0.3 is 6.03 Å². The molecular weight excluding hydrogens is 280 g/mol. The minimum Gasteiger partial charge on any atom is -0.341 e. The van der Waals surface area contributed by atoms with Crippen LogP contribution in [0, 0.1) is 0 Å². The third-order valence-corrected chi connectivity index (χ3v) is 3.06. The summed E-state index contributed by atoms with van der Waals surface area (Å²) in [5.74, 6) is 0.888. The maximum absolute atomic E-state index is 11.3.